The van der Waals surface area contributed by atoms with Crippen LogP contribution in [0.2, 0.25) is 0 Å². The van der Waals surface area contributed by atoms with E-state index in [0.717, 1.165) is 32.5 Å². The second-order valence-corrected chi connectivity index (χ2v) is 7.33. The fourth-order valence-electron chi connectivity index (χ4n) is 4.12. The van der Waals surface area contributed by atoms with Gasteiger partial charge in [0.05, 0.1) is 6.33 Å². The molecule has 1 amide bonds. The standard InChI is InChI=1S/C20H25N5O/c1-23(2)19(26)20(25-13-10-21-15-25)7-11-24(12-8-20)14-16-4-3-5-18-17(16)6-9-22-18/h3-6,9-10,13,15,22H,7-8,11-12,14H2,1-2H3. The summed E-state index contributed by atoms with van der Waals surface area (Å²) in [6, 6.07) is 8.54. The molecule has 0 spiro atoms. The van der Waals surface area contributed by atoms with E-state index < -0.39 is 5.54 Å². The molecule has 6 nitrogen and oxygen atoms in total. The molecule has 26 heavy (non-hydrogen) atoms. The normalized spacial score (nSPS) is 17.5. The first-order chi connectivity index (χ1) is 12.6. The molecule has 1 N–H and O–H groups in total. The van der Waals surface area contributed by atoms with Crippen LogP contribution in [-0.2, 0) is 16.9 Å². The number of rotatable bonds is 4. The molecule has 0 saturated carbocycles. The molecular weight excluding hydrogens is 326 g/mol. The predicted molar refractivity (Wildman–Crippen MR) is 102 cm³/mol. The van der Waals surface area contributed by atoms with E-state index in [1.165, 1.54) is 16.5 Å². The van der Waals surface area contributed by atoms with Gasteiger partial charge in [-0.15, -0.1) is 0 Å². The van der Waals surface area contributed by atoms with Gasteiger partial charge in [-0.1, -0.05) is 12.1 Å². The molecule has 1 aromatic carbocycles. The van der Waals surface area contributed by atoms with Crippen LogP contribution in [0.15, 0.2) is 49.2 Å². The van der Waals surface area contributed by atoms with Crippen LogP contribution >= 0.6 is 0 Å². The Labute approximate surface area is 153 Å². The number of imidazole rings is 1. The van der Waals surface area contributed by atoms with Crippen molar-refractivity contribution in [1.29, 1.82) is 0 Å². The van der Waals surface area contributed by atoms with E-state index in [0.29, 0.717) is 0 Å². The predicted octanol–water partition coefficient (Wildman–Crippen LogP) is 2.44. The van der Waals surface area contributed by atoms with Crippen molar-refractivity contribution in [3.05, 3.63) is 54.7 Å². The van der Waals surface area contributed by atoms with Crippen LogP contribution in [-0.4, -0.2) is 57.4 Å². The number of hydrogen-bond donors (Lipinski definition) is 1. The molecule has 0 bridgehead atoms. The summed E-state index contributed by atoms with van der Waals surface area (Å²) in [6.45, 7) is 2.68. The first kappa shape index (κ1) is 16.8. The lowest BCUT2D eigenvalue weighted by molar-refractivity contribution is -0.141. The Morgan fingerprint density at radius 2 is 2.08 bits per heavy atom. The van der Waals surface area contributed by atoms with Gasteiger partial charge in [0.1, 0.15) is 5.54 Å². The van der Waals surface area contributed by atoms with Crippen LogP contribution in [0.5, 0.6) is 0 Å². The summed E-state index contributed by atoms with van der Waals surface area (Å²) in [7, 11) is 3.67. The molecule has 0 radical (unpaired) electrons. The summed E-state index contributed by atoms with van der Waals surface area (Å²) in [5.41, 5.74) is 1.99. The number of carbonyl (C=O) groups excluding carboxylic acids is 1. The van der Waals surface area contributed by atoms with Gasteiger partial charge in [0.15, 0.2) is 0 Å². The highest BCUT2D eigenvalue weighted by Gasteiger charge is 2.43. The Kier molecular flexibility index (Phi) is 4.28. The lowest BCUT2D eigenvalue weighted by atomic mass is 9.85. The molecule has 3 heterocycles. The number of hydrogen-bond acceptors (Lipinski definition) is 3. The first-order valence-electron chi connectivity index (χ1n) is 9.08. The lowest BCUT2D eigenvalue weighted by Crippen LogP contribution is -2.54. The topological polar surface area (TPSA) is 57.2 Å². The second kappa shape index (κ2) is 6.61. The zero-order valence-electron chi connectivity index (χ0n) is 15.4. The second-order valence-electron chi connectivity index (χ2n) is 7.33. The van der Waals surface area contributed by atoms with Crippen molar-refractivity contribution in [2.24, 2.45) is 0 Å². The first-order valence-corrected chi connectivity index (χ1v) is 9.08. The summed E-state index contributed by atoms with van der Waals surface area (Å²) in [5, 5.41) is 1.28. The molecule has 1 fully saturated rings. The highest BCUT2D eigenvalue weighted by molar-refractivity contribution is 5.84. The Morgan fingerprint density at radius 1 is 1.27 bits per heavy atom. The van der Waals surface area contributed by atoms with Crippen LogP contribution in [0.4, 0.5) is 0 Å². The average molecular weight is 351 g/mol. The maximum atomic E-state index is 13.0. The number of fused-ring (bicyclic) bond motifs is 1. The number of likely N-dealkylation sites (N-methyl/N-ethyl adjacent to an activating group) is 1. The summed E-state index contributed by atoms with van der Waals surface area (Å²) < 4.78 is 2.00. The Morgan fingerprint density at radius 3 is 2.77 bits per heavy atom. The molecule has 0 unspecified atom stereocenters. The quantitative estimate of drug-likeness (QED) is 0.785. The van der Waals surface area contributed by atoms with Crippen LogP contribution in [0.25, 0.3) is 10.9 Å². The van der Waals surface area contributed by atoms with Crippen LogP contribution in [0, 0.1) is 0 Å². The molecule has 6 heteroatoms. The zero-order chi connectivity index (χ0) is 18.1. The van der Waals surface area contributed by atoms with E-state index in [2.05, 4.69) is 39.1 Å². The van der Waals surface area contributed by atoms with Crippen molar-refractivity contribution >= 4 is 16.8 Å². The average Bonchev–Trinajstić information content (AvgIpc) is 3.34. The summed E-state index contributed by atoms with van der Waals surface area (Å²) in [6.07, 6.45) is 9.02. The Bertz CT molecular complexity index is 888. The minimum absolute atomic E-state index is 0.155. The van der Waals surface area contributed by atoms with E-state index in [4.69, 9.17) is 0 Å². The molecular formula is C20H25N5O. The third-order valence-electron chi connectivity index (χ3n) is 5.57. The number of amides is 1. The number of piperidine rings is 1. The van der Waals surface area contributed by atoms with E-state index in [1.54, 1.807) is 17.4 Å². The molecule has 1 saturated heterocycles. The van der Waals surface area contributed by atoms with E-state index in [-0.39, 0.29) is 5.91 Å². The van der Waals surface area contributed by atoms with Gasteiger partial charge < -0.3 is 14.5 Å². The fraction of sp³-hybridized carbons (Fsp3) is 0.400. The number of benzene rings is 1. The number of aromatic nitrogens is 3. The number of likely N-dealkylation sites (tertiary alicyclic amines) is 1. The number of nitrogens with one attached hydrogen (secondary N) is 1. The number of aromatic amines is 1. The Balaban J connectivity index is 1.53. The summed E-state index contributed by atoms with van der Waals surface area (Å²) in [4.78, 5) is 24.6. The third-order valence-corrected chi connectivity index (χ3v) is 5.57. The number of nitrogens with zero attached hydrogens (tertiary/aromatic N) is 4. The zero-order valence-corrected chi connectivity index (χ0v) is 15.4. The van der Waals surface area contributed by atoms with Gasteiger partial charge >= 0.3 is 0 Å². The minimum Gasteiger partial charge on any atom is -0.361 e. The van der Waals surface area contributed by atoms with Crippen molar-refractivity contribution in [1.82, 2.24) is 24.3 Å². The lowest BCUT2D eigenvalue weighted by Gasteiger charge is -2.42. The van der Waals surface area contributed by atoms with E-state index in [1.807, 2.05) is 31.1 Å². The SMILES string of the molecule is CN(C)C(=O)C1(n2ccnc2)CCN(Cc2cccc3[nH]ccc23)CC1. The van der Waals surface area contributed by atoms with Crippen LogP contribution in [0.1, 0.15) is 18.4 Å². The number of H-pyrrole nitrogens is 1. The van der Waals surface area contributed by atoms with Crippen molar-refractivity contribution in [2.45, 2.75) is 24.9 Å². The van der Waals surface area contributed by atoms with E-state index in [9.17, 15) is 4.79 Å². The van der Waals surface area contributed by atoms with Gasteiger partial charge in [0, 0.05) is 63.2 Å². The number of carbonyl (C=O) groups is 1. The van der Waals surface area contributed by atoms with Gasteiger partial charge in [0.2, 0.25) is 5.91 Å². The molecule has 2 aromatic heterocycles. The van der Waals surface area contributed by atoms with Crippen molar-refractivity contribution in [3.8, 4) is 0 Å². The molecule has 1 aliphatic heterocycles. The van der Waals surface area contributed by atoms with Crippen molar-refractivity contribution in [3.63, 3.8) is 0 Å². The maximum Gasteiger partial charge on any atom is 0.248 e. The third kappa shape index (κ3) is 2.80. The molecule has 136 valence electrons. The monoisotopic (exact) mass is 351 g/mol. The fourth-order valence-corrected chi connectivity index (χ4v) is 4.12. The molecule has 0 atom stereocenters. The van der Waals surface area contributed by atoms with Gasteiger partial charge in [-0.05, 0) is 30.5 Å². The minimum atomic E-state index is -0.517. The molecule has 0 aliphatic carbocycles. The van der Waals surface area contributed by atoms with Crippen LogP contribution in [0.3, 0.4) is 0 Å². The maximum absolute atomic E-state index is 13.0. The molecule has 1 aliphatic rings. The van der Waals surface area contributed by atoms with Crippen molar-refractivity contribution in [2.75, 3.05) is 27.2 Å². The smallest absolute Gasteiger partial charge is 0.248 e. The van der Waals surface area contributed by atoms with Crippen LogP contribution < -0.4 is 0 Å². The van der Waals surface area contributed by atoms with Crippen molar-refractivity contribution < 1.29 is 4.79 Å². The molecule has 3 aromatic rings. The highest BCUT2D eigenvalue weighted by Crippen LogP contribution is 2.33. The summed E-state index contributed by atoms with van der Waals surface area (Å²) in [5.74, 6) is 0.155. The van der Waals surface area contributed by atoms with E-state index >= 15 is 0 Å². The highest BCUT2D eigenvalue weighted by atomic mass is 16.2. The van der Waals surface area contributed by atoms with Gasteiger partial charge in [-0.3, -0.25) is 9.69 Å². The molecule has 4 rings (SSSR count). The Hall–Kier alpha value is -2.60. The largest absolute Gasteiger partial charge is 0.361 e. The van der Waals surface area contributed by atoms with Gasteiger partial charge in [-0.2, -0.15) is 0 Å². The van der Waals surface area contributed by atoms with Gasteiger partial charge in [0.25, 0.3) is 0 Å². The summed E-state index contributed by atoms with van der Waals surface area (Å²) >= 11 is 0. The van der Waals surface area contributed by atoms with Gasteiger partial charge in [-0.25, -0.2) is 4.98 Å².